The second-order valence-electron chi connectivity index (χ2n) is 6.23. The summed E-state index contributed by atoms with van der Waals surface area (Å²) in [6, 6.07) is 3.40. The third-order valence-electron chi connectivity index (χ3n) is 3.60. The smallest absolute Gasteiger partial charge is 0.341 e. The van der Waals surface area contributed by atoms with Gasteiger partial charge in [-0.3, -0.25) is 0 Å². The SMILES string of the molecule is CN(C)CC(OC(=O)c1cc(O)c(O)c(O)c1)OC(=O)c1cc(O)c(O)c(O)c1. The van der Waals surface area contributed by atoms with Crippen LogP contribution in [-0.2, 0) is 9.47 Å². The average Bonchev–Trinajstić information content (AvgIpc) is 2.62. The molecule has 0 heterocycles. The fourth-order valence-corrected chi connectivity index (χ4v) is 2.22. The molecule has 0 aromatic heterocycles. The van der Waals surface area contributed by atoms with Crippen LogP contribution in [0.2, 0.25) is 0 Å². The van der Waals surface area contributed by atoms with Gasteiger partial charge < -0.3 is 45.0 Å². The molecule has 11 heteroatoms. The van der Waals surface area contributed by atoms with Gasteiger partial charge in [-0.25, -0.2) is 9.59 Å². The largest absolute Gasteiger partial charge is 0.504 e. The minimum Gasteiger partial charge on any atom is -0.504 e. The van der Waals surface area contributed by atoms with Crippen molar-refractivity contribution in [2.24, 2.45) is 0 Å². The Kier molecular flexibility index (Phi) is 6.24. The molecule has 0 fully saturated rings. The topological polar surface area (TPSA) is 177 Å². The third kappa shape index (κ3) is 5.11. The van der Waals surface area contributed by atoms with Crippen LogP contribution in [-0.4, -0.2) is 74.4 Å². The van der Waals surface area contributed by atoms with Crippen molar-refractivity contribution in [3.8, 4) is 34.5 Å². The second-order valence-corrected chi connectivity index (χ2v) is 6.23. The van der Waals surface area contributed by atoms with Crippen molar-refractivity contribution in [1.82, 2.24) is 4.90 Å². The Morgan fingerprint density at radius 1 is 0.759 bits per heavy atom. The van der Waals surface area contributed by atoms with Gasteiger partial charge in [-0.2, -0.15) is 0 Å². The van der Waals surface area contributed by atoms with Crippen molar-refractivity contribution in [2.45, 2.75) is 6.29 Å². The van der Waals surface area contributed by atoms with E-state index in [4.69, 9.17) is 9.47 Å². The van der Waals surface area contributed by atoms with Crippen LogP contribution in [0.25, 0.3) is 0 Å². The van der Waals surface area contributed by atoms with E-state index in [2.05, 4.69) is 0 Å². The Hall–Kier alpha value is -3.86. The highest BCUT2D eigenvalue weighted by atomic mass is 16.7. The van der Waals surface area contributed by atoms with Gasteiger partial charge in [0, 0.05) is 0 Å². The first-order valence-electron chi connectivity index (χ1n) is 8.06. The van der Waals surface area contributed by atoms with Gasteiger partial charge in [-0.1, -0.05) is 0 Å². The maximum absolute atomic E-state index is 12.3. The van der Waals surface area contributed by atoms with Gasteiger partial charge in [0.1, 0.15) is 0 Å². The first kappa shape index (κ1) is 21.4. The molecular formula is C18H19NO10. The van der Waals surface area contributed by atoms with Gasteiger partial charge in [-0.05, 0) is 38.4 Å². The van der Waals surface area contributed by atoms with Crippen molar-refractivity contribution in [3.05, 3.63) is 35.4 Å². The van der Waals surface area contributed by atoms with E-state index in [1.807, 2.05) is 0 Å². The number of phenols is 6. The summed E-state index contributed by atoms with van der Waals surface area (Å²) < 4.78 is 10.1. The van der Waals surface area contributed by atoms with E-state index in [9.17, 15) is 40.2 Å². The summed E-state index contributed by atoms with van der Waals surface area (Å²) in [6.07, 6.45) is -1.46. The van der Waals surface area contributed by atoms with E-state index in [0.29, 0.717) is 0 Å². The molecule has 11 nitrogen and oxygen atoms in total. The molecule has 0 bridgehead atoms. The van der Waals surface area contributed by atoms with Crippen LogP contribution in [0.3, 0.4) is 0 Å². The van der Waals surface area contributed by atoms with E-state index in [-0.39, 0.29) is 17.7 Å². The quantitative estimate of drug-likeness (QED) is 0.226. The number of carbonyl (C=O) groups excluding carboxylic acids is 2. The maximum Gasteiger partial charge on any atom is 0.341 e. The lowest BCUT2D eigenvalue weighted by Crippen LogP contribution is -2.34. The zero-order chi connectivity index (χ0) is 21.9. The van der Waals surface area contributed by atoms with Crippen LogP contribution < -0.4 is 0 Å². The molecule has 29 heavy (non-hydrogen) atoms. The fraction of sp³-hybridized carbons (Fsp3) is 0.222. The molecule has 0 radical (unpaired) electrons. The summed E-state index contributed by atoms with van der Waals surface area (Å²) in [5, 5.41) is 56.7. The number of hydrogen-bond acceptors (Lipinski definition) is 11. The minimum absolute atomic E-state index is 0.0798. The van der Waals surface area contributed by atoms with Gasteiger partial charge in [0.15, 0.2) is 34.5 Å². The highest BCUT2D eigenvalue weighted by Crippen LogP contribution is 2.36. The number of hydrogen-bond donors (Lipinski definition) is 6. The number of aromatic hydroxyl groups is 6. The van der Waals surface area contributed by atoms with E-state index >= 15 is 0 Å². The first-order chi connectivity index (χ1) is 13.5. The molecule has 0 amide bonds. The molecule has 0 atom stereocenters. The number of carbonyl (C=O) groups is 2. The third-order valence-corrected chi connectivity index (χ3v) is 3.60. The van der Waals surface area contributed by atoms with Crippen molar-refractivity contribution in [2.75, 3.05) is 20.6 Å². The molecule has 0 saturated heterocycles. The standard InChI is InChI=1S/C18H19NO10/c1-19(2)7-14(28-17(26)8-3-10(20)15(24)11(21)4-8)29-18(27)9-5-12(22)16(25)13(23)6-9/h3-6,14,20-25H,7H2,1-2H3. The van der Waals surface area contributed by atoms with E-state index in [1.165, 1.54) is 4.90 Å². The van der Waals surface area contributed by atoms with Gasteiger partial charge >= 0.3 is 11.9 Å². The molecule has 0 aliphatic carbocycles. The number of nitrogens with zero attached hydrogens (tertiary/aromatic N) is 1. The Labute approximate surface area is 164 Å². The van der Waals surface area contributed by atoms with E-state index in [1.54, 1.807) is 14.1 Å². The van der Waals surface area contributed by atoms with E-state index < -0.39 is 52.7 Å². The summed E-state index contributed by atoms with van der Waals surface area (Å²) in [5.41, 5.74) is -0.643. The van der Waals surface area contributed by atoms with Crippen molar-refractivity contribution < 1.29 is 49.7 Å². The van der Waals surface area contributed by atoms with Crippen molar-refractivity contribution in [3.63, 3.8) is 0 Å². The van der Waals surface area contributed by atoms with Crippen LogP contribution in [0.5, 0.6) is 34.5 Å². The summed E-state index contributed by atoms with van der Waals surface area (Å²) >= 11 is 0. The summed E-state index contributed by atoms with van der Waals surface area (Å²) in [5.74, 6) is -6.81. The minimum atomic E-state index is -1.46. The van der Waals surface area contributed by atoms with Crippen LogP contribution in [0.1, 0.15) is 20.7 Å². The maximum atomic E-state index is 12.3. The molecule has 2 aromatic rings. The van der Waals surface area contributed by atoms with Gasteiger partial charge in [0.2, 0.25) is 0 Å². The molecule has 6 N–H and O–H groups in total. The first-order valence-corrected chi connectivity index (χ1v) is 8.06. The highest BCUT2D eigenvalue weighted by Gasteiger charge is 2.24. The Balaban J connectivity index is 2.21. The van der Waals surface area contributed by atoms with Gasteiger partial charge in [0.05, 0.1) is 17.7 Å². The van der Waals surface area contributed by atoms with Crippen LogP contribution in [0.4, 0.5) is 0 Å². The zero-order valence-corrected chi connectivity index (χ0v) is 15.4. The molecule has 2 aromatic carbocycles. The predicted octanol–water partition coefficient (Wildman–Crippen LogP) is 0.822. The number of ether oxygens (including phenoxy) is 2. The molecule has 0 spiro atoms. The molecule has 2 rings (SSSR count). The van der Waals surface area contributed by atoms with Crippen molar-refractivity contribution in [1.29, 1.82) is 0 Å². The Bertz CT molecular complexity index is 823. The lowest BCUT2D eigenvalue weighted by atomic mass is 10.2. The van der Waals surface area contributed by atoms with Crippen LogP contribution >= 0.6 is 0 Å². The second kappa shape index (κ2) is 8.44. The monoisotopic (exact) mass is 409 g/mol. The highest BCUT2D eigenvalue weighted by molar-refractivity contribution is 5.92. The number of likely N-dealkylation sites (N-methyl/N-ethyl adjacent to an activating group) is 1. The lowest BCUT2D eigenvalue weighted by molar-refractivity contribution is -0.0876. The molecule has 0 aliphatic rings. The zero-order valence-electron chi connectivity index (χ0n) is 15.4. The number of rotatable bonds is 6. The fourth-order valence-electron chi connectivity index (χ4n) is 2.22. The Morgan fingerprint density at radius 2 is 1.07 bits per heavy atom. The molecule has 0 saturated carbocycles. The van der Waals surface area contributed by atoms with Gasteiger partial charge in [-0.15, -0.1) is 0 Å². The summed E-state index contributed by atoms with van der Waals surface area (Å²) in [6.45, 7) is -0.0798. The lowest BCUT2D eigenvalue weighted by Gasteiger charge is -2.21. The number of esters is 2. The predicted molar refractivity (Wildman–Crippen MR) is 96.0 cm³/mol. The average molecular weight is 409 g/mol. The molecular weight excluding hydrogens is 390 g/mol. The Morgan fingerprint density at radius 3 is 1.34 bits per heavy atom. The van der Waals surface area contributed by atoms with Crippen molar-refractivity contribution >= 4 is 11.9 Å². The summed E-state index contributed by atoms with van der Waals surface area (Å²) in [4.78, 5) is 26.1. The summed E-state index contributed by atoms with van der Waals surface area (Å²) in [7, 11) is 3.20. The van der Waals surface area contributed by atoms with Crippen LogP contribution in [0.15, 0.2) is 24.3 Å². The van der Waals surface area contributed by atoms with Gasteiger partial charge in [0.25, 0.3) is 6.29 Å². The molecule has 156 valence electrons. The molecule has 0 unspecified atom stereocenters. The molecule has 0 aliphatic heterocycles. The number of phenolic OH excluding ortho intramolecular Hbond substituents is 6. The van der Waals surface area contributed by atoms with E-state index in [0.717, 1.165) is 24.3 Å². The van der Waals surface area contributed by atoms with Crippen LogP contribution in [0, 0.1) is 0 Å². The number of benzene rings is 2. The normalized spacial score (nSPS) is 10.9.